The number of halogens is 1. The molecule has 5 aromatic rings. The second-order valence-corrected chi connectivity index (χ2v) is 11.9. The van der Waals surface area contributed by atoms with Crippen LogP contribution in [0.4, 0.5) is 5.95 Å². The molecule has 206 valence electrons. The van der Waals surface area contributed by atoms with Crippen LogP contribution in [0.1, 0.15) is 25.0 Å². The summed E-state index contributed by atoms with van der Waals surface area (Å²) < 4.78 is 40.4. The van der Waals surface area contributed by atoms with Gasteiger partial charge in [0.1, 0.15) is 5.75 Å². The number of nitrogens with one attached hydrogen (secondary N) is 1. The molecule has 0 spiro atoms. The Morgan fingerprint density at radius 3 is 2.48 bits per heavy atom. The molecule has 0 aliphatic rings. The third-order valence-corrected chi connectivity index (χ3v) is 8.26. The largest absolute Gasteiger partial charge is 0.495 e. The van der Waals surface area contributed by atoms with Gasteiger partial charge in [0.2, 0.25) is 6.39 Å². The lowest BCUT2D eigenvalue weighted by Gasteiger charge is -2.18. The first-order valence-corrected chi connectivity index (χ1v) is 14.4. The summed E-state index contributed by atoms with van der Waals surface area (Å²) in [6, 6.07) is 17.5. The van der Waals surface area contributed by atoms with Gasteiger partial charge in [-0.05, 0) is 89.1 Å². The summed E-state index contributed by atoms with van der Waals surface area (Å²) in [5.74, 6) is 0.543. The molecule has 0 bridgehead atoms. The highest BCUT2D eigenvalue weighted by atomic mass is 35.5. The normalized spacial score (nSPS) is 11.8. The SMILES string of the molecule is COc1cc(-c2ccc(Cl)c(C)c2)ccc1-n1c(=O)cc(CC(C)C)c2cc(S(=O)(=O)Nc3ncon3)ccc21. The van der Waals surface area contributed by atoms with Crippen molar-refractivity contribution in [1.82, 2.24) is 14.7 Å². The second kappa shape index (κ2) is 10.8. The molecule has 5 rings (SSSR count). The Labute approximate surface area is 236 Å². The van der Waals surface area contributed by atoms with Crippen molar-refractivity contribution in [3.8, 4) is 22.6 Å². The van der Waals surface area contributed by atoms with E-state index in [2.05, 4.69) is 19.4 Å². The fraction of sp³-hybridized carbons (Fsp3) is 0.207. The molecule has 0 saturated heterocycles. The van der Waals surface area contributed by atoms with Crippen LogP contribution in [0.25, 0.3) is 27.7 Å². The summed E-state index contributed by atoms with van der Waals surface area (Å²) in [4.78, 5) is 17.3. The fourth-order valence-corrected chi connectivity index (χ4v) is 5.75. The molecule has 3 aromatic carbocycles. The van der Waals surface area contributed by atoms with Crippen LogP contribution in [0.15, 0.2) is 81.3 Å². The molecular formula is C29H27ClN4O5S. The maximum atomic E-state index is 13.6. The van der Waals surface area contributed by atoms with Crippen molar-refractivity contribution in [3.05, 3.63) is 93.6 Å². The van der Waals surface area contributed by atoms with Crippen molar-refractivity contribution in [2.75, 3.05) is 11.8 Å². The Hall–Kier alpha value is -4.15. The minimum absolute atomic E-state index is 0.000395. The van der Waals surface area contributed by atoms with Gasteiger partial charge in [-0.3, -0.25) is 9.36 Å². The Kier molecular flexibility index (Phi) is 7.39. The summed E-state index contributed by atoms with van der Waals surface area (Å²) in [6.07, 6.45) is 1.62. The molecule has 1 N–H and O–H groups in total. The predicted octanol–water partition coefficient (Wildman–Crippen LogP) is 6.01. The van der Waals surface area contributed by atoms with Crippen LogP contribution in [0.5, 0.6) is 5.75 Å². The summed E-state index contributed by atoms with van der Waals surface area (Å²) in [7, 11) is -2.47. The molecule has 0 radical (unpaired) electrons. The van der Waals surface area contributed by atoms with Gasteiger partial charge < -0.3 is 9.26 Å². The van der Waals surface area contributed by atoms with E-state index >= 15 is 0 Å². The second-order valence-electron chi connectivity index (χ2n) is 9.83. The molecule has 40 heavy (non-hydrogen) atoms. The van der Waals surface area contributed by atoms with E-state index < -0.39 is 10.0 Å². The van der Waals surface area contributed by atoms with Crippen LogP contribution >= 0.6 is 11.6 Å². The molecule has 0 atom stereocenters. The number of pyridine rings is 1. The fourth-order valence-electron chi connectivity index (χ4n) is 4.66. The highest BCUT2D eigenvalue weighted by Gasteiger charge is 2.21. The molecule has 0 aliphatic heterocycles. The summed E-state index contributed by atoms with van der Waals surface area (Å²) in [5, 5.41) is 4.84. The lowest BCUT2D eigenvalue weighted by Crippen LogP contribution is -2.21. The zero-order valence-electron chi connectivity index (χ0n) is 22.3. The van der Waals surface area contributed by atoms with E-state index in [1.54, 1.807) is 25.3 Å². The number of hydrogen-bond acceptors (Lipinski definition) is 7. The van der Waals surface area contributed by atoms with E-state index in [0.717, 1.165) is 28.6 Å². The van der Waals surface area contributed by atoms with E-state index in [0.29, 0.717) is 33.8 Å². The molecule has 2 aromatic heterocycles. The van der Waals surface area contributed by atoms with E-state index in [4.69, 9.17) is 16.3 Å². The highest BCUT2D eigenvalue weighted by Crippen LogP contribution is 2.33. The monoisotopic (exact) mass is 578 g/mol. The first-order chi connectivity index (χ1) is 19.1. The zero-order chi connectivity index (χ0) is 28.6. The van der Waals surface area contributed by atoms with Crippen LogP contribution in [0, 0.1) is 12.8 Å². The number of sulfonamides is 1. The lowest BCUT2D eigenvalue weighted by atomic mass is 9.98. The van der Waals surface area contributed by atoms with Crippen molar-refractivity contribution >= 4 is 38.5 Å². The third kappa shape index (κ3) is 5.32. The maximum absolute atomic E-state index is 13.6. The standard InChI is InChI=1S/C29H27ClN4O5S/c1-17(2)11-21-14-28(35)34(25-10-7-22(15-23(21)25)40(36,37)33-29-31-16-39-32-29)26-9-6-20(13-27(26)38-4)19-5-8-24(30)18(3)12-19/h5-10,12-17H,11H2,1-4H3,(H,32,33). The number of hydrogen-bond donors (Lipinski definition) is 1. The quantitative estimate of drug-likeness (QED) is 0.240. The van der Waals surface area contributed by atoms with Gasteiger partial charge in [0.15, 0.2) is 0 Å². The third-order valence-electron chi connectivity index (χ3n) is 6.51. The van der Waals surface area contributed by atoms with Gasteiger partial charge in [0, 0.05) is 16.5 Å². The Bertz CT molecular complexity index is 1880. The molecule has 0 unspecified atom stereocenters. The Morgan fingerprint density at radius 1 is 1.05 bits per heavy atom. The lowest BCUT2D eigenvalue weighted by molar-refractivity contribution is 0.413. The Balaban J connectivity index is 1.69. The molecule has 2 heterocycles. The molecule has 0 saturated carbocycles. The van der Waals surface area contributed by atoms with E-state index in [-0.39, 0.29) is 22.3 Å². The molecule has 0 fully saturated rings. The number of nitrogens with zero attached hydrogens (tertiary/aromatic N) is 3. The number of aryl methyl sites for hydroxylation is 1. The number of benzene rings is 3. The highest BCUT2D eigenvalue weighted by molar-refractivity contribution is 7.92. The Morgan fingerprint density at radius 2 is 1.80 bits per heavy atom. The predicted molar refractivity (Wildman–Crippen MR) is 155 cm³/mol. The van der Waals surface area contributed by atoms with Crippen molar-refractivity contribution in [2.45, 2.75) is 32.1 Å². The maximum Gasteiger partial charge on any atom is 0.277 e. The summed E-state index contributed by atoms with van der Waals surface area (Å²) >= 11 is 6.21. The van der Waals surface area contributed by atoms with E-state index in [9.17, 15) is 13.2 Å². The van der Waals surface area contributed by atoms with Crippen molar-refractivity contribution in [2.24, 2.45) is 5.92 Å². The van der Waals surface area contributed by atoms with E-state index in [1.807, 2.05) is 57.2 Å². The first-order valence-electron chi connectivity index (χ1n) is 12.5. The zero-order valence-corrected chi connectivity index (χ0v) is 23.9. The van der Waals surface area contributed by atoms with Crippen LogP contribution in [-0.4, -0.2) is 30.2 Å². The molecular weight excluding hydrogens is 552 g/mol. The van der Waals surface area contributed by atoms with Gasteiger partial charge in [-0.1, -0.05) is 37.6 Å². The van der Waals surface area contributed by atoms with Crippen molar-refractivity contribution in [1.29, 1.82) is 0 Å². The van der Waals surface area contributed by atoms with Crippen LogP contribution in [0.2, 0.25) is 5.02 Å². The van der Waals surface area contributed by atoms with Crippen LogP contribution in [0.3, 0.4) is 0 Å². The van der Waals surface area contributed by atoms with Gasteiger partial charge in [0.05, 0.1) is 23.2 Å². The number of ether oxygens (including phenoxy) is 1. The van der Waals surface area contributed by atoms with Crippen molar-refractivity contribution in [3.63, 3.8) is 0 Å². The van der Waals surface area contributed by atoms with Crippen LogP contribution in [-0.2, 0) is 16.4 Å². The number of aromatic nitrogens is 3. The topological polar surface area (TPSA) is 116 Å². The van der Waals surface area contributed by atoms with Gasteiger partial charge >= 0.3 is 0 Å². The molecule has 0 amide bonds. The van der Waals surface area contributed by atoms with Gasteiger partial charge in [0.25, 0.3) is 21.5 Å². The van der Waals surface area contributed by atoms with Gasteiger partial charge in [-0.2, -0.15) is 4.98 Å². The van der Waals surface area contributed by atoms with E-state index in [1.165, 1.54) is 10.6 Å². The number of fused-ring (bicyclic) bond motifs is 1. The van der Waals surface area contributed by atoms with Crippen LogP contribution < -0.4 is 15.0 Å². The number of methoxy groups -OCH3 is 1. The average molecular weight is 579 g/mol. The first kappa shape index (κ1) is 27.4. The number of anilines is 1. The summed E-state index contributed by atoms with van der Waals surface area (Å²) in [6.45, 7) is 6.01. The molecule has 0 aliphatic carbocycles. The minimum atomic E-state index is -4.02. The average Bonchev–Trinajstić information content (AvgIpc) is 3.42. The van der Waals surface area contributed by atoms with Gasteiger partial charge in [-0.25, -0.2) is 13.1 Å². The van der Waals surface area contributed by atoms with Gasteiger partial charge in [-0.15, -0.1) is 0 Å². The number of rotatable bonds is 8. The molecule has 9 nitrogen and oxygen atoms in total. The smallest absolute Gasteiger partial charge is 0.277 e. The minimum Gasteiger partial charge on any atom is -0.495 e. The summed E-state index contributed by atoms with van der Waals surface area (Å²) in [5.41, 5.74) is 4.38. The molecule has 11 heteroatoms. The van der Waals surface area contributed by atoms with Crippen molar-refractivity contribution < 1.29 is 17.7 Å².